The van der Waals surface area contributed by atoms with Crippen LogP contribution in [0.3, 0.4) is 0 Å². The van der Waals surface area contributed by atoms with E-state index in [0.29, 0.717) is 12.4 Å². The lowest BCUT2D eigenvalue weighted by Gasteiger charge is -2.34. The van der Waals surface area contributed by atoms with E-state index in [9.17, 15) is 18.0 Å². The topological polar surface area (TPSA) is 26.3 Å². The third kappa shape index (κ3) is 2.08. The molecule has 6 heteroatoms. The molecule has 0 saturated heterocycles. The lowest BCUT2D eigenvalue weighted by Crippen LogP contribution is -2.43. The van der Waals surface area contributed by atoms with E-state index in [1.165, 1.54) is 19.3 Å². The van der Waals surface area contributed by atoms with Crippen LogP contribution in [0.15, 0.2) is 40.6 Å². The standard InChI is InChI=1S/C14H10BrF3O2/c1-20-11-4-5-12(15)14(7-19,13(11)18)9-3-2-8(16)6-10(9)17/h2-7,13H,1H3. The second kappa shape index (κ2) is 5.44. The van der Waals surface area contributed by atoms with E-state index in [1.807, 2.05) is 0 Å². The number of alkyl halides is 1. The fraction of sp³-hybridized carbons (Fsp3) is 0.214. The Hall–Kier alpha value is -1.56. The third-order valence-corrected chi connectivity index (χ3v) is 4.16. The Morgan fingerprint density at radius 1 is 1.35 bits per heavy atom. The minimum Gasteiger partial charge on any atom is -0.498 e. The summed E-state index contributed by atoms with van der Waals surface area (Å²) in [5, 5.41) is 0. The molecule has 0 saturated carbocycles. The highest BCUT2D eigenvalue weighted by molar-refractivity contribution is 9.11. The normalized spacial score (nSPS) is 25.8. The van der Waals surface area contributed by atoms with Crippen LogP contribution in [0.5, 0.6) is 0 Å². The number of hydrogen-bond donors (Lipinski definition) is 0. The second-order valence-corrected chi connectivity index (χ2v) is 5.12. The summed E-state index contributed by atoms with van der Waals surface area (Å²) in [7, 11) is 1.25. The van der Waals surface area contributed by atoms with Crippen molar-refractivity contribution in [1.82, 2.24) is 0 Å². The summed E-state index contributed by atoms with van der Waals surface area (Å²) in [6.45, 7) is 0. The summed E-state index contributed by atoms with van der Waals surface area (Å²) in [5.41, 5.74) is -2.18. The molecular formula is C14H10BrF3O2. The van der Waals surface area contributed by atoms with Crippen LogP contribution in [0, 0.1) is 11.6 Å². The lowest BCUT2D eigenvalue weighted by molar-refractivity contribution is -0.113. The van der Waals surface area contributed by atoms with Gasteiger partial charge in [-0.15, -0.1) is 0 Å². The van der Waals surface area contributed by atoms with Crippen molar-refractivity contribution in [3.05, 3.63) is 57.8 Å². The zero-order valence-corrected chi connectivity index (χ0v) is 12.0. The number of ether oxygens (including phenoxy) is 1. The minimum absolute atomic E-state index is 0.107. The van der Waals surface area contributed by atoms with Gasteiger partial charge >= 0.3 is 0 Å². The number of carbonyl (C=O) groups is 1. The van der Waals surface area contributed by atoms with Gasteiger partial charge in [0.05, 0.1) is 7.11 Å². The highest BCUT2D eigenvalue weighted by Crippen LogP contribution is 2.45. The molecule has 0 bridgehead atoms. The predicted octanol–water partition coefficient (Wildman–Crippen LogP) is 3.56. The highest BCUT2D eigenvalue weighted by Gasteiger charge is 2.49. The Morgan fingerprint density at radius 3 is 2.60 bits per heavy atom. The van der Waals surface area contributed by atoms with E-state index in [1.54, 1.807) is 0 Å². The Kier molecular flexibility index (Phi) is 4.04. The molecule has 2 unspecified atom stereocenters. The van der Waals surface area contributed by atoms with E-state index in [-0.39, 0.29) is 15.8 Å². The molecule has 2 rings (SSSR count). The monoisotopic (exact) mass is 346 g/mol. The molecule has 0 aromatic heterocycles. The van der Waals surface area contributed by atoms with Crippen molar-refractivity contribution in [3.63, 3.8) is 0 Å². The summed E-state index contributed by atoms with van der Waals surface area (Å²) < 4.78 is 46.6. The molecule has 20 heavy (non-hydrogen) atoms. The summed E-state index contributed by atoms with van der Waals surface area (Å²) >= 11 is 3.09. The number of aldehydes is 1. The third-order valence-electron chi connectivity index (χ3n) is 3.24. The first-order chi connectivity index (χ1) is 9.47. The van der Waals surface area contributed by atoms with Crippen LogP contribution >= 0.6 is 15.9 Å². The summed E-state index contributed by atoms with van der Waals surface area (Å²) in [4.78, 5) is 11.5. The Bertz CT molecular complexity index is 612. The van der Waals surface area contributed by atoms with E-state index in [2.05, 4.69) is 15.9 Å². The number of methoxy groups -OCH3 is 1. The molecule has 1 aromatic rings. The molecule has 1 aliphatic rings. The van der Waals surface area contributed by atoms with Crippen molar-refractivity contribution in [2.75, 3.05) is 7.11 Å². The molecule has 0 radical (unpaired) electrons. The summed E-state index contributed by atoms with van der Waals surface area (Å²) in [5.74, 6) is -1.91. The quantitative estimate of drug-likeness (QED) is 0.782. The van der Waals surface area contributed by atoms with E-state index < -0.39 is 23.2 Å². The molecular weight excluding hydrogens is 337 g/mol. The molecule has 0 spiro atoms. The van der Waals surface area contributed by atoms with Gasteiger partial charge in [0.15, 0.2) is 6.17 Å². The lowest BCUT2D eigenvalue weighted by atomic mass is 9.74. The molecule has 106 valence electrons. The number of carbonyl (C=O) groups excluding carboxylic acids is 1. The van der Waals surface area contributed by atoms with Crippen LogP contribution < -0.4 is 0 Å². The molecule has 0 amide bonds. The maximum absolute atomic E-state index is 14.6. The van der Waals surface area contributed by atoms with Crippen LogP contribution in [-0.4, -0.2) is 19.6 Å². The van der Waals surface area contributed by atoms with Crippen LogP contribution in [-0.2, 0) is 14.9 Å². The highest BCUT2D eigenvalue weighted by atomic mass is 79.9. The molecule has 0 heterocycles. The van der Waals surface area contributed by atoms with Gasteiger partial charge in [-0.3, -0.25) is 0 Å². The Labute approximate surface area is 122 Å². The molecule has 0 N–H and O–H groups in total. The van der Waals surface area contributed by atoms with Crippen molar-refractivity contribution in [1.29, 1.82) is 0 Å². The van der Waals surface area contributed by atoms with E-state index >= 15 is 0 Å². The molecule has 1 aromatic carbocycles. The minimum atomic E-state index is -1.92. The zero-order chi connectivity index (χ0) is 14.9. The van der Waals surface area contributed by atoms with Gasteiger partial charge in [-0.1, -0.05) is 22.0 Å². The van der Waals surface area contributed by atoms with Crippen LogP contribution in [0.4, 0.5) is 13.2 Å². The zero-order valence-electron chi connectivity index (χ0n) is 10.4. The number of benzene rings is 1. The average Bonchev–Trinajstić information content (AvgIpc) is 2.42. The van der Waals surface area contributed by atoms with Crippen molar-refractivity contribution in [2.24, 2.45) is 0 Å². The first-order valence-electron chi connectivity index (χ1n) is 5.65. The van der Waals surface area contributed by atoms with Crippen LogP contribution in [0.25, 0.3) is 0 Å². The average molecular weight is 347 g/mol. The van der Waals surface area contributed by atoms with Gasteiger partial charge in [0, 0.05) is 16.1 Å². The van der Waals surface area contributed by atoms with Gasteiger partial charge in [0.1, 0.15) is 29.1 Å². The van der Waals surface area contributed by atoms with Crippen molar-refractivity contribution in [2.45, 2.75) is 11.6 Å². The van der Waals surface area contributed by atoms with E-state index in [4.69, 9.17) is 4.74 Å². The predicted molar refractivity (Wildman–Crippen MR) is 71.1 cm³/mol. The SMILES string of the molecule is COC1=CC=C(Br)C(C=O)(c2ccc(F)cc2F)C1F. The number of hydrogen-bond acceptors (Lipinski definition) is 2. The largest absolute Gasteiger partial charge is 0.498 e. The van der Waals surface area contributed by atoms with E-state index in [0.717, 1.165) is 12.1 Å². The first-order valence-corrected chi connectivity index (χ1v) is 6.44. The number of halogens is 4. The molecule has 2 atom stereocenters. The van der Waals surface area contributed by atoms with Crippen molar-refractivity contribution < 1.29 is 22.7 Å². The molecule has 0 aliphatic heterocycles. The smallest absolute Gasteiger partial charge is 0.178 e. The second-order valence-electron chi connectivity index (χ2n) is 4.26. The molecule has 2 nitrogen and oxygen atoms in total. The van der Waals surface area contributed by atoms with Gasteiger partial charge in [0.25, 0.3) is 0 Å². The maximum Gasteiger partial charge on any atom is 0.178 e. The Balaban J connectivity index is 2.68. The van der Waals surface area contributed by atoms with Gasteiger partial charge in [-0.25, -0.2) is 13.2 Å². The molecule has 1 aliphatic carbocycles. The number of allylic oxidation sites excluding steroid dienone is 4. The van der Waals surface area contributed by atoms with Gasteiger partial charge in [-0.2, -0.15) is 0 Å². The van der Waals surface area contributed by atoms with Crippen molar-refractivity contribution >= 4 is 22.2 Å². The fourth-order valence-corrected chi connectivity index (χ4v) is 2.80. The van der Waals surface area contributed by atoms with Gasteiger partial charge < -0.3 is 9.53 Å². The van der Waals surface area contributed by atoms with Crippen LogP contribution in [0.1, 0.15) is 5.56 Å². The van der Waals surface area contributed by atoms with Gasteiger partial charge in [0.2, 0.25) is 0 Å². The molecule has 0 fully saturated rings. The fourth-order valence-electron chi connectivity index (χ4n) is 2.16. The number of rotatable bonds is 3. The Morgan fingerprint density at radius 2 is 2.05 bits per heavy atom. The first kappa shape index (κ1) is 14.8. The van der Waals surface area contributed by atoms with Crippen molar-refractivity contribution in [3.8, 4) is 0 Å². The van der Waals surface area contributed by atoms with Gasteiger partial charge in [-0.05, 0) is 18.2 Å². The van der Waals surface area contributed by atoms with Crippen LogP contribution in [0.2, 0.25) is 0 Å². The maximum atomic E-state index is 14.6. The summed E-state index contributed by atoms with van der Waals surface area (Å²) in [6, 6.07) is 2.64. The summed E-state index contributed by atoms with van der Waals surface area (Å²) in [6.07, 6.45) is 1.13.